The number of aromatic nitrogens is 1. The van der Waals surface area contributed by atoms with Crippen molar-refractivity contribution in [2.45, 2.75) is 22.6 Å². The average Bonchev–Trinajstić information content (AvgIpc) is 3.68. The van der Waals surface area contributed by atoms with E-state index in [0.717, 1.165) is 27.5 Å². The van der Waals surface area contributed by atoms with Gasteiger partial charge in [0.05, 0.1) is 22.5 Å². The number of rotatable bonds is 3. The standard InChI is InChI=1S/C31H24N2O3S2/c34-29-24-20-15-21(25(24)30(35)33(29)19-13-11-17(12-14-19)16-7-3-1-4-8-16)26-23(20)22(18-9-5-2-6-10-18)27-28(37-26)32-31(36)38-27/h1-14,20-26H,15H2,(H,32,36)/t20-,21-,22-,23-,24+,25-,26-/m1/s1. The van der Waals surface area contributed by atoms with E-state index in [-0.39, 0.29) is 57.4 Å². The molecule has 0 radical (unpaired) electrons. The number of imide groups is 1. The molecular formula is C31H24N2O3S2. The van der Waals surface area contributed by atoms with Gasteiger partial charge in [0.25, 0.3) is 0 Å². The second-order valence-electron chi connectivity index (χ2n) is 10.8. The lowest BCUT2D eigenvalue weighted by atomic mass is 9.68. The van der Waals surface area contributed by atoms with Crippen molar-refractivity contribution in [3.8, 4) is 11.1 Å². The van der Waals surface area contributed by atoms with Gasteiger partial charge in [-0.05, 0) is 53.0 Å². The molecule has 0 spiro atoms. The van der Waals surface area contributed by atoms with E-state index in [1.54, 1.807) is 11.8 Å². The molecule has 0 unspecified atom stereocenters. The fraction of sp³-hybridized carbons (Fsp3) is 0.258. The number of nitrogens with one attached hydrogen (secondary N) is 1. The lowest BCUT2D eigenvalue weighted by Crippen LogP contribution is -2.42. The summed E-state index contributed by atoms with van der Waals surface area (Å²) >= 11 is 3.03. The Morgan fingerprint density at radius 3 is 2.08 bits per heavy atom. The molecule has 4 aromatic rings. The second-order valence-corrected chi connectivity index (χ2v) is 13.0. The summed E-state index contributed by atoms with van der Waals surface area (Å²) in [5.41, 5.74) is 4.01. The first-order valence-corrected chi connectivity index (χ1v) is 14.8. The number of thiazole rings is 1. The number of nitrogens with zero attached hydrogens (tertiary/aromatic N) is 1. The molecule has 2 saturated carbocycles. The number of thioether (sulfide) groups is 1. The van der Waals surface area contributed by atoms with Crippen LogP contribution < -0.4 is 9.77 Å². The summed E-state index contributed by atoms with van der Waals surface area (Å²) in [5.74, 6) is -0.117. The van der Waals surface area contributed by atoms with Crippen molar-refractivity contribution in [3.05, 3.63) is 105 Å². The zero-order chi connectivity index (χ0) is 25.5. The van der Waals surface area contributed by atoms with Gasteiger partial charge in [0, 0.05) is 16.0 Å². The van der Waals surface area contributed by atoms with E-state index >= 15 is 0 Å². The molecule has 3 fully saturated rings. The molecule has 188 valence electrons. The Hall–Kier alpha value is -3.42. The summed E-state index contributed by atoms with van der Waals surface area (Å²) < 4.78 is 0. The predicted octanol–water partition coefficient (Wildman–Crippen LogP) is 5.78. The summed E-state index contributed by atoms with van der Waals surface area (Å²) in [6, 6.07) is 28.3. The summed E-state index contributed by atoms with van der Waals surface area (Å²) in [4.78, 5) is 45.8. The molecule has 38 heavy (non-hydrogen) atoms. The van der Waals surface area contributed by atoms with Gasteiger partial charge in [-0.2, -0.15) is 0 Å². The number of fused-ring (bicyclic) bond motifs is 9. The number of hydrogen-bond donors (Lipinski definition) is 1. The lowest BCUT2D eigenvalue weighted by Gasteiger charge is -2.43. The van der Waals surface area contributed by atoms with Gasteiger partial charge in [0.1, 0.15) is 0 Å². The minimum absolute atomic E-state index is 0.0341. The highest BCUT2D eigenvalue weighted by Gasteiger charge is 2.69. The molecule has 4 aliphatic rings. The van der Waals surface area contributed by atoms with Crippen molar-refractivity contribution in [3.63, 3.8) is 0 Å². The van der Waals surface area contributed by atoms with Crippen molar-refractivity contribution in [1.29, 1.82) is 0 Å². The second kappa shape index (κ2) is 8.29. The highest BCUT2D eigenvalue weighted by Crippen LogP contribution is 2.68. The maximum absolute atomic E-state index is 14.0. The van der Waals surface area contributed by atoms with Crippen LogP contribution in [0.3, 0.4) is 0 Å². The van der Waals surface area contributed by atoms with E-state index in [0.29, 0.717) is 5.69 Å². The van der Waals surface area contributed by atoms with Gasteiger partial charge in [0.15, 0.2) is 0 Å². The third-order valence-electron chi connectivity index (χ3n) is 9.12. The van der Waals surface area contributed by atoms with Gasteiger partial charge in [-0.25, -0.2) is 0 Å². The summed E-state index contributed by atoms with van der Waals surface area (Å²) in [5, 5.41) is 1.16. The summed E-state index contributed by atoms with van der Waals surface area (Å²) in [7, 11) is 0. The molecule has 5 nitrogen and oxygen atoms in total. The Bertz CT molecular complexity index is 1630. The SMILES string of the molecule is O=C1[C@@H]2[C@H]3C[C@@H]([C@@H]2C(=O)N1c1ccc(-c2ccccc2)cc1)[C@@H]1[C@@H](c2ccccc2)c2sc(=O)[nH]c2S[C@H]31. The molecule has 3 aromatic carbocycles. The molecular weight excluding hydrogens is 512 g/mol. The molecule has 8 rings (SSSR count). The Balaban J connectivity index is 1.16. The fourth-order valence-electron chi connectivity index (χ4n) is 7.74. The number of H-pyrrole nitrogens is 1. The summed E-state index contributed by atoms with van der Waals surface area (Å²) in [6.45, 7) is 0. The fourth-order valence-corrected chi connectivity index (χ4v) is 10.6. The first-order chi connectivity index (χ1) is 18.6. The van der Waals surface area contributed by atoms with Crippen LogP contribution in [0.2, 0.25) is 0 Å². The van der Waals surface area contributed by atoms with Gasteiger partial charge in [-0.3, -0.25) is 19.3 Å². The van der Waals surface area contributed by atoms with Crippen molar-refractivity contribution in [2.24, 2.45) is 29.6 Å². The third-order valence-corrected chi connectivity index (χ3v) is 11.7. The Morgan fingerprint density at radius 2 is 1.37 bits per heavy atom. The number of carbonyl (C=O) groups is 2. The molecule has 1 aromatic heterocycles. The minimum atomic E-state index is -0.286. The molecule has 1 saturated heterocycles. The minimum Gasteiger partial charge on any atom is -0.307 e. The van der Waals surface area contributed by atoms with E-state index < -0.39 is 0 Å². The van der Waals surface area contributed by atoms with Crippen molar-refractivity contribution >= 4 is 40.6 Å². The number of anilines is 1. The van der Waals surface area contributed by atoms with Crippen molar-refractivity contribution in [2.75, 3.05) is 4.90 Å². The topological polar surface area (TPSA) is 70.2 Å². The Labute approximate surface area is 227 Å². The highest BCUT2D eigenvalue weighted by atomic mass is 32.2. The van der Waals surface area contributed by atoms with Crippen LogP contribution in [0.1, 0.15) is 22.8 Å². The molecule has 1 N–H and O–H groups in total. The van der Waals surface area contributed by atoms with Crippen molar-refractivity contribution < 1.29 is 9.59 Å². The van der Waals surface area contributed by atoms with Crippen LogP contribution in [0, 0.1) is 29.6 Å². The molecule has 7 atom stereocenters. The van der Waals surface area contributed by atoms with Crippen LogP contribution in [-0.4, -0.2) is 22.0 Å². The van der Waals surface area contributed by atoms with Gasteiger partial charge in [-0.15, -0.1) is 11.8 Å². The van der Waals surface area contributed by atoms with Crippen LogP contribution in [0.5, 0.6) is 0 Å². The normalized spacial score (nSPS) is 30.8. The maximum Gasteiger partial charge on any atom is 0.305 e. The van der Waals surface area contributed by atoms with Gasteiger partial charge in [-0.1, -0.05) is 84.1 Å². The number of benzene rings is 3. The Morgan fingerprint density at radius 1 is 0.737 bits per heavy atom. The van der Waals surface area contributed by atoms with E-state index in [4.69, 9.17) is 0 Å². The predicted molar refractivity (Wildman–Crippen MR) is 149 cm³/mol. The number of hydrogen-bond acceptors (Lipinski definition) is 5. The molecule has 2 aliphatic carbocycles. The van der Waals surface area contributed by atoms with E-state index in [2.05, 4.69) is 29.2 Å². The number of amides is 2. The number of carbonyl (C=O) groups excluding carboxylic acids is 2. The lowest BCUT2D eigenvalue weighted by molar-refractivity contribution is -0.123. The molecule has 2 aliphatic heterocycles. The van der Waals surface area contributed by atoms with Crippen LogP contribution in [0.15, 0.2) is 94.7 Å². The van der Waals surface area contributed by atoms with Crippen LogP contribution in [-0.2, 0) is 9.59 Å². The molecule has 2 bridgehead atoms. The van der Waals surface area contributed by atoms with E-state index in [9.17, 15) is 14.4 Å². The summed E-state index contributed by atoms with van der Waals surface area (Å²) in [6.07, 6.45) is 0.901. The highest BCUT2D eigenvalue weighted by molar-refractivity contribution is 8.00. The van der Waals surface area contributed by atoms with Gasteiger partial charge < -0.3 is 4.98 Å². The number of aromatic amines is 1. The van der Waals surface area contributed by atoms with E-state index in [1.807, 2.05) is 60.7 Å². The van der Waals surface area contributed by atoms with Gasteiger partial charge >= 0.3 is 4.87 Å². The average molecular weight is 537 g/mol. The zero-order valence-corrected chi connectivity index (χ0v) is 22.0. The molecule has 3 heterocycles. The zero-order valence-electron chi connectivity index (χ0n) is 20.3. The van der Waals surface area contributed by atoms with E-state index in [1.165, 1.54) is 21.8 Å². The Kier molecular flexibility index (Phi) is 4.92. The molecule has 7 heteroatoms. The first kappa shape index (κ1) is 22.6. The molecule has 2 amide bonds. The quantitative estimate of drug-likeness (QED) is 0.337. The monoisotopic (exact) mass is 536 g/mol. The van der Waals surface area contributed by atoms with Gasteiger partial charge in [0.2, 0.25) is 11.8 Å². The van der Waals surface area contributed by atoms with Crippen LogP contribution in [0.25, 0.3) is 11.1 Å². The maximum atomic E-state index is 14.0. The van der Waals surface area contributed by atoms with Crippen LogP contribution >= 0.6 is 23.1 Å². The smallest absolute Gasteiger partial charge is 0.305 e. The first-order valence-electron chi connectivity index (χ1n) is 13.1. The van der Waals surface area contributed by atoms with Crippen molar-refractivity contribution in [1.82, 2.24) is 4.98 Å². The largest absolute Gasteiger partial charge is 0.307 e. The third kappa shape index (κ3) is 3.09. The van der Waals surface area contributed by atoms with Crippen LogP contribution in [0.4, 0.5) is 5.69 Å².